The number of hydrogen-bond donors (Lipinski definition) is 1. The van der Waals surface area contributed by atoms with Crippen LogP contribution in [0.1, 0.15) is 18.3 Å². The first-order valence-corrected chi connectivity index (χ1v) is 9.22. The molecule has 0 aliphatic carbocycles. The second-order valence-corrected chi connectivity index (χ2v) is 6.32. The lowest BCUT2D eigenvalue weighted by Crippen LogP contribution is -2.30. The Morgan fingerprint density at radius 3 is 2.69 bits per heavy atom. The van der Waals surface area contributed by atoms with Gasteiger partial charge in [0.2, 0.25) is 5.91 Å². The molecule has 29 heavy (non-hydrogen) atoms. The number of ether oxygens (including phenoxy) is 2. The number of likely N-dealkylation sites (N-methyl/N-ethyl adjacent to an activating group) is 1. The maximum Gasteiger partial charge on any atom is 0.258 e. The van der Waals surface area contributed by atoms with Gasteiger partial charge in [0.25, 0.3) is 5.56 Å². The topological polar surface area (TPSA) is 84.5 Å². The maximum absolute atomic E-state index is 12.7. The number of carbonyl (C=O) groups is 1. The van der Waals surface area contributed by atoms with Crippen LogP contribution in [0.4, 0.5) is 0 Å². The van der Waals surface area contributed by atoms with Crippen LogP contribution >= 0.6 is 0 Å². The SMILES string of the molecule is CCN(Cc1nc2ccccc2c(=O)[nH]1)C(=O)C=Cc1cc(OC)ccc1OC. The first-order chi connectivity index (χ1) is 14.0. The molecule has 1 amide bonds. The molecule has 2 aromatic carbocycles. The van der Waals surface area contributed by atoms with E-state index in [2.05, 4.69) is 9.97 Å². The van der Waals surface area contributed by atoms with Gasteiger partial charge in [0.15, 0.2) is 0 Å². The fourth-order valence-electron chi connectivity index (χ4n) is 2.97. The van der Waals surface area contributed by atoms with Gasteiger partial charge in [-0.2, -0.15) is 0 Å². The first kappa shape index (κ1) is 20.1. The zero-order valence-electron chi connectivity index (χ0n) is 16.6. The van der Waals surface area contributed by atoms with Crippen LogP contribution in [-0.4, -0.2) is 41.5 Å². The number of rotatable bonds is 7. The number of fused-ring (bicyclic) bond motifs is 1. The summed E-state index contributed by atoms with van der Waals surface area (Å²) in [6.45, 7) is 2.54. The second kappa shape index (κ2) is 9.05. The molecule has 0 unspecified atom stereocenters. The molecule has 3 aromatic rings. The number of aromatic nitrogens is 2. The normalized spacial score (nSPS) is 11.0. The number of carbonyl (C=O) groups excluding carboxylic acids is 1. The largest absolute Gasteiger partial charge is 0.497 e. The van der Waals surface area contributed by atoms with Crippen LogP contribution in [0.2, 0.25) is 0 Å². The minimum Gasteiger partial charge on any atom is -0.497 e. The Morgan fingerprint density at radius 1 is 1.17 bits per heavy atom. The molecule has 3 rings (SSSR count). The first-order valence-electron chi connectivity index (χ1n) is 9.22. The van der Waals surface area contributed by atoms with Crippen LogP contribution in [0.25, 0.3) is 17.0 Å². The van der Waals surface area contributed by atoms with E-state index < -0.39 is 0 Å². The highest BCUT2D eigenvalue weighted by Crippen LogP contribution is 2.25. The molecule has 0 radical (unpaired) electrons. The van der Waals surface area contributed by atoms with E-state index in [1.54, 1.807) is 61.6 Å². The highest BCUT2D eigenvalue weighted by atomic mass is 16.5. The standard InChI is InChI=1S/C22H23N3O4/c1-4-25(14-20-23-18-8-6-5-7-17(18)22(27)24-20)21(26)12-9-15-13-16(28-2)10-11-19(15)29-3/h5-13H,4,14H2,1-3H3,(H,23,24,27). The summed E-state index contributed by atoms with van der Waals surface area (Å²) in [6.07, 6.45) is 3.16. The van der Waals surface area contributed by atoms with Crippen LogP contribution in [0.3, 0.4) is 0 Å². The van der Waals surface area contributed by atoms with E-state index in [0.29, 0.717) is 34.8 Å². The Hall–Kier alpha value is -3.61. The van der Waals surface area contributed by atoms with Gasteiger partial charge in [0, 0.05) is 18.2 Å². The van der Waals surface area contributed by atoms with Gasteiger partial charge in [0.1, 0.15) is 17.3 Å². The van der Waals surface area contributed by atoms with Crippen LogP contribution in [-0.2, 0) is 11.3 Å². The lowest BCUT2D eigenvalue weighted by Gasteiger charge is -2.18. The highest BCUT2D eigenvalue weighted by molar-refractivity contribution is 5.92. The molecule has 1 heterocycles. The lowest BCUT2D eigenvalue weighted by atomic mass is 10.1. The number of amides is 1. The van der Waals surface area contributed by atoms with Crippen molar-refractivity contribution in [2.75, 3.05) is 20.8 Å². The predicted octanol–water partition coefficient (Wildman–Crippen LogP) is 3.00. The molecular formula is C22H23N3O4. The fraction of sp³-hybridized carbons (Fsp3) is 0.227. The molecule has 0 aliphatic heterocycles. The van der Waals surface area contributed by atoms with Crippen LogP contribution in [0.5, 0.6) is 11.5 Å². The summed E-state index contributed by atoms with van der Waals surface area (Å²) in [5.74, 6) is 1.55. The third-order valence-corrected chi connectivity index (χ3v) is 4.54. The highest BCUT2D eigenvalue weighted by Gasteiger charge is 2.12. The smallest absolute Gasteiger partial charge is 0.258 e. The van der Waals surface area contributed by atoms with Crippen molar-refractivity contribution in [3.05, 3.63) is 70.3 Å². The van der Waals surface area contributed by atoms with Crippen molar-refractivity contribution in [2.45, 2.75) is 13.5 Å². The maximum atomic E-state index is 12.7. The van der Waals surface area contributed by atoms with E-state index in [1.807, 2.05) is 13.0 Å². The van der Waals surface area contributed by atoms with Crippen molar-refractivity contribution in [2.24, 2.45) is 0 Å². The van der Waals surface area contributed by atoms with Crippen LogP contribution < -0.4 is 15.0 Å². The lowest BCUT2D eigenvalue weighted by molar-refractivity contribution is -0.126. The van der Waals surface area contributed by atoms with E-state index in [9.17, 15) is 9.59 Å². The van der Waals surface area contributed by atoms with Gasteiger partial charge in [-0.15, -0.1) is 0 Å². The van der Waals surface area contributed by atoms with Crippen molar-refractivity contribution >= 4 is 22.9 Å². The van der Waals surface area contributed by atoms with E-state index in [1.165, 1.54) is 6.08 Å². The molecule has 0 fully saturated rings. The van der Waals surface area contributed by atoms with Crippen LogP contribution in [0, 0.1) is 0 Å². The molecule has 7 nitrogen and oxygen atoms in total. The molecule has 0 saturated heterocycles. The Bertz CT molecular complexity index is 1100. The summed E-state index contributed by atoms with van der Waals surface area (Å²) in [5.41, 5.74) is 1.12. The van der Waals surface area contributed by atoms with Gasteiger partial charge in [-0.25, -0.2) is 4.98 Å². The Balaban J connectivity index is 1.81. The third kappa shape index (κ3) is 4.63. The number of methoxy groups -OCH3 is 2. The summed E-state index contributed by atoms with van der Waals surface area (Å²) in [4.78, 5) is 33.8. The summed E-state index contributed by atoms with van der Waals surface area (Å²) in [5, 5.41) is 0.524. The van der Waals surface area contributed by atoms with Gasteiger partial charge in [0.05, 0.1) is 31.7 Å². The van der Waals surface area contributed by atoms with Gasteiger partial charge >= 0.3 is 0 Å². The summed E-state index contributed by atoms with van der Waals surface area (Å²) >= 11 is 0. The number of hydrogen-bond acceptors (Lipinski definition) is 5. The predicted molar refractivity (Wildman–Crippen MR) is 112 cm³/mol. The monoisotopic (exact) mass is 393 g/mol. The summed E-state index contributed by atoms with van der Waals surface area (Å²) in [6, 6.07) is 12.5. The Kier molecular flexibility index (Phi) is 6.29. The van der Waals surface area contributed by atoms with E-state index in [0.717, 1.165) is 5.56 Å². The number of benzene rings is 2. The summed E-state index contributed by atoms with van der Waals surface area (Å²) in [7, 11) is 3.15. The third-order valence-electron chi connectivity index (χ3n) is 4.54. The molecule has 0 spiro atoms. The number of para-hydroxylation sites is 1. The zero-order valence-corrected chi connectivity index (χ0v) is 16.6. The molecule has 150 valence electrons. The van der Waals surface area contributed by atoms with Gasteiger partial charge < -0.3 is 19.4 Å². The van der Waals surface area contributed by atoms with Gasteiger partial charge in [-0.1, -0.05) is 12.1 Å². The number of H-pyrrole nitrogens is 1. The number of nitrogens with zero attached hydrogens (tertiary/aromatic N) is 2. The van der Waals surface area contributed by atoms with Gasteiger partial charge in [-0.3, -0.25) is 9.59 Å². The van der Waals surface area contributed by atoms with Crippen LogP contribution in [0.15, 0.2) is 53.3 Å². The molecule has 0 aliphatic rings. The number of nitrogens with one attached hydrogen (secondary N) is 1. The zero-order chi connectivity index (χ0) is 20.8. The Labute approximate surface area is 168 Å². The van der Waals surface area contributed by atoms with Crippen molar-refractivity contribution < 1.29 is 14.3 Å². The molecular weight excluding hydrogens is 370 g/mol. The quantitative estimate of drug-likeness (QED) is 0.624. The average Bonchev–Trinajstić information content (AvgIpc) is 2.75. The minimum atomic E-state index is -0.217. The second-order valence-electron chi connectivity index (χ2n) is 6.32. The fourth-order valence-corrected chi connectivity index (χ4v) is 2.97. The minimum absolute atomic E-state index is 0.201. The molecule has 0 atom stereocenters. The summed E-state index contributed by atoms with van der Waals surface area (Å²) < 4.78 is 10.6. The van der Waals surface area contributed by atoms with E-state index in [-0.39, 0.29) is 18.0 Å². The average molecular weight is 393 g/mol. The van der Waals surface area contributed by atoms with E-state index in [4.69, 9.17) is 9.47 Å². The van der Waals surface area contributed by atoms with Gasteiger partial charge in [-0.05, 0) is 43.3 Å². The molecule has 0 bridgehead atoms. The van der Waals surface area contributed by atoms with Crippen molar-refractivity contribution in [1.82, 2.24) is 14.9 Å². The van der Waals surface area contributed by atoms with Crippen molar-refractivity contribution in [1.29, 1.82) is 0 Å². The Morgan fingerprint density at radius 2 is 1.97 bits per heavy atom. The van der Waals surface area contributed by atoms with Crippen molar-refractivity contribution in [3.63, 3.8) is 0 Å². The van der Waals surface area contributed by atoms with Crippen molar-refractivity contribution in [3.8, 4) is 11.5 Å². The number of aromatic amines is 1. The molecule has 1 aromatic heterocycles. The van der Waals surface area contributed by atoms with E-state index >= 15 is 0 Å². The molecule has 0 saturated carbocycles. The molecule has 7 heteroatoms. The molecule has 1 N–H and O–H groups in total.